The van der Waals surface area contributed by atoms with Gasteiger partial charge in [0.05, 0.1) is 24.0 Å². The number of carbonyl (C=O) groups is 1. The van der Waals surface area contributed by atoms with Crippen molar-refractivity contribution in [3.63, 3.8) is 0 Å². The second kappa shape index (κ2) is 7.89. The smallest absolute Gasteiger partial charge is 0.324 e. The van der Waals surface area contributed by atoms with E-state index in [1.54, 1.807) is 55.5 Å². The van der Waals surface area contributed by atoms with Gasteiger partial charge < -0.3 is 14.7 Å². The molecule has 0 bridgehead atoms. The summed E-state index contributed by atoms with van der Waals surface area (Å²) in [5.41, 5.74) is 1.80. The molecular weight excluding hydrogens is 327 g/mol. The first-order chi connectivity index (χ1) is 11.4. The Labute approximate surface area is 140 Å². The van der Waals surface area contributed by atoms with Gasteiger partial charge in [0, 0.05) is 5.56 Å². The molecule has 0 aliphatic carbocycles. The lowest BCUT2D eigenvalue weighted by atomic mass is 10.1. The second-order valence-corrected chi connectivity index (χ2v) is 6.87. The molecule has 2 rings (SSSR count). The molecule has 1 amide bonds. The van der Waals surface area contributed by atoms with Gasteiger partial charge in [-0.2, -0.15) is 5.26 Å². The second-order valence-electron chi connectivity index (χ2n) is 5.02. The Bertz CT molecular complexity index is 812. The maximum atomic E-state index is 12.2. The van der Waals surface area contributed by atoms with Crippen molar-refractivity contribution in [3.05, 3.63) is 65.2 Å². The Morgan fingerprint density at radius 2 is 1.92 bits per heavy atom. The summed E-state index contributed by atoms with van der Waals surface area (Å²) in [5.74, 6) is -0.360. The first kappa shape index (κ1) is 17.9. The van der Waals surface area contributed by atoms with Crippen LogP contribution in [0.2, 0.25) is 0 Å². The van der Waals surface area contributed by atoms with Gasteiger partial charge in [0.15, 0.2) is 0 Å². The molecule has 1 atom stereocenters. The first-order valence-corrected chi connectivity index (χ1v) is 9.07. The van der Waals surface area contributed by atoms with Crippen LogP contribution in [0.15, 0.2) is 48.5 Å². The van der Waals surface area contributed by atoms with Crippen molar-refractivity contribution in [1.82, 2.24) is 0 Å². The summed E-state index contributed by atoms with van der Waals surface area (Å²) in [5, 5.41) is 11.7. The summed E-state index contributed by atoms with van der Waals surface area (Å²) in [6, 6.07) is 15.1. The van der Waals surface area contributed by atoms with E-state index >= 15 is 0 Å². The summed E-state index contributed by atoms with van der Waals surface area (Å²) in [6.45, 7) is 1.81. The van der Waals surface area contributed by atoms with E-state index in [2.05, 4.69) is 5.32 Å². The van der Waals surface area contributed by atoms with Crippen LogP contribution in [0.1, 0.15) is 28.4 Å². The molecule has 0 radical (unpaired) electrons. The van der Waals surface area contributed by atoms with Crippen molar-refractivity contribution in [3.8, 4) is 6.07 Å². The molecule has 0 heterocycles. The van der Waals surface area contributed by atoms with Gasteiger partial charge in [-0.15, -0.1) is 0 Å². The number of anilines is 1. The van der Waals surface area contributed by atoms with Crippen LogP contribution in [0.4, 0.5) is 5.69 Å². The third-order valence-corrected chi connectivity index (χ3v) is 4.65. The number of carbonyl (C=O) groups excluding carboxylic acids is 1. The van der Waals surface area contributed by atoms with Gasteiger partial charge in [-0.3, -0.25) is 9.36 Å². The molecule has 2 aromatic carbocycles. The Morgan fingerprint density at radius 1 is 1.25 bits per heavy atom. The molecule has 7 heteroatoms. The molecule has 0 aliphatic heterocycles. The summed E-state index contributed by atoms with van der Waals surface area (Å²) in [6.07, 6.45) is -0.111. The normalized spacial score (nSPS) is 12.9. The van der Waals surface area contributed by atoms with Gasteiger partial charge in [-0.05, 0) is 36.8 Å². The number of amides is 1. The van der Waals surface area contributed by atoms with Gasteiger partial charge in [-0.1, -0.05) is 24.3 Å². The molecule has 6 nitrogen and oxygen atoms in total. The Kier molecular flexibility index (Phi) is 5.88. The minimum atomic E-state index is -3.66. The Hall–Kier alpha value is -2.45. The molecule has 0 spiro atoms. The maximum absolute atomic E-state index is 12.2. The Morgan fingerprint density at radius 3 is 2.54 bits per heavy atom. The predicted molar refractivity (Wildman–Crippen MR) is 90.7 cm³/mol. The number of benzene rings is 2. The van der Waals surface area contributed by atoms with Crippen molar-refractivity contribution >= 4 is 19.2 Å². The van der Waals surface area contributed by atoms with Crippen LogP contribution in [-0.4, -0.2) is 17.4 Å². The zero-order chi connectivity index (χ0) is 17.6. The number of para-hydroxylation sites is 1. The van der Waals surface area contributed by atoms with Crippen LogP contribution in [0.25, 0.3) is 0 Å². The van der Waals surface area contributed by atoms with Crippen molar-refractivity contribution < 1.29 is 18.8 Å². The summed E-state index contributed by atoms with van der Waals surface area (Å²) >= 11 is 0. The number of nitrogens with zero attached hydrogens (tertiary/aromatic N) is 1. The molecule has 1 unspecified atom stereocenters. The van der Waals surface area contributed by atoms with Gasteiger partial charge in [0.25, 0.3) is 5.91 Å². The largest absolute Gasteiger partial charge is 0.332 e. The van der Waals surface area contributed by atoms with E-state index in [-0.39, 0.29) is 18.7 Å². The number of nitriles is 1. The summed E-state index contributed by atoms with van der Waals surface area (Å²) in [4.78, 5) is 21.9. The maximum Gasteiger partial charge on any atom is 0.332 e. The molecule has 2 aromatic rings. The van der Waals surface area contributed by atoms with Crippen molar-refractivity contribution in [1.29, 1.82) is 5.26 Å². The molecule has 0 aliphatic rings. The van der Waals surface area contributed by atoms with Crippen LogP contribution >= 0.6 is 7.60 Å². The molecule has 0 fully saturated rings. The van der Waals surface area contributed by atoms with Crippen LogP contribution < -0.4 is 5.32 Å². The SMILES string of the molecule is CCOP(=O)(O)Cc1ccc(C(=O)Nc2ccccc2C#N)cc1. The van der Waals surface area contributed by atoms with E-state index in [4.69, 9.17) is 9.79 Å². The number of nitrogens with one attached hydrogen (secondary N) is 1. The lowest BCUT2D eigenvalue weighted by Gasteiger charge is -2.11. The van der Waals surface area contributed by atoms with E-state index in [9.17, 15) is 14.3 Å². The average Bonchev–Trinajstić information content (AvgIpc) is 2.55. The molecular formula is C17H17N2O4P. The van der Waals surface area contributed by atoms with Crippen LogP contribution in [0.3, 0.4) is 0 Å². The lowest BCUT2D eigenvalue weighted by molar-refractivity contribution is 0.102. The highest BCUT2D eigenvalue weighted by molar-refractivity contribution is 7.51. The van der Waals surface area contributed by atoms with E-state index < -0.39 is 7.60 Å². The highest BCUT2D eigenvalue weighted by Gasteiger charge is 2.19. The zero-order valence-electron chi connectivity index (χ0n) is 13.1. The number of hydrogen-bond donors (Lipinski definition) is 2. The molecule has 124 valence electrons. The number of rotatable bonds is 6. The van der Waals surface area contributed by atoms with E-state index in [0.29, 0.717) is 22.4 Å². The summed E-state index contributed by atoms with van der Waals surface area (Å²) in [7, 11) is -3.66. The minimum absolute atomic E-state index is 0.111. The van der Waals surface area contributed by atoms with Gasteiger partial charge >= 0.3 is 7.60 Å². The fraction of sp³-hybridized carbons (Fsp3) is 0.176. The monoisotopic (exact) mass is 344 g/mol. The quantitative estimate of drug-likeness (QED) is 0.781. The minimum Gasteiger partial charge on any atom is -0.324 e. The molecule has 2 N–H and O–H groups in total. The molecule has 0 saturated carbocycles. The van der Waals surface area contributed by atoms with E-state index in [1.165, 1.54) is 0 Å². The fourth-order valence-electron chi connectivity index (χ4n) is 2.12. The molecule has 0 saturated heterocycles. The van der Waals surface area contributed by atoms with Crippen molar-refractivity contribution in [2.24, 2.45) is 0 Å². The van der Waals surface area contributed by atoms with Gasteiger partial charge in [0.1, 0.15) is 6.07 Å². The highest BCUT2D eigenvalue weighted by atomic mass is 31.2. The zero-order valence-corrected chi connectivity index (χ0v) is 14.0. The van der Waals surface area contributed by atoms with Crippen LogP contribution in [0.5, 0.6) is 0 Å². The van der Waals surface area contributed by atoms with Crippen molar-refractivity contribution in [2.75, 3.05) is 11.9 Å². The fourth-order valence-corrected chi connectivity index (χ4v) is 3.29. The summed E-state index contributed by atoms with van der Waals surface area (Å²) < 4.78 is 16.6. The predicted octanol–water partition coefficient (Wildman–Crippen LogP) is 3.53. The molecule has 0 aromatic heterocycles. The Balaban J connectivity index is 2.09. The van der Waals surface area contributed by atoms with Gasteiger partial charge in [0.2, 0.25) is 0 Å². The van der Waals surface area contributed by atoms with Crippen molar-refractivity contribution in [2.45, 2.75) is 13.1 Å². The number of hydrogen-bond acceptors (Lipinski definition) is 4. The third-order valence-electron chi connectivity index (χ3n) is 3.23. The van der Waals surface area contributed by atoms with E-state index in [1.807, 2.05) is 6.07 Å². The van der Waals surface area contributed by atoms with Gasteiger partial charge in [-0.25, -0.2) is 0 Å². The first-order valence-electron chi connectivity index (χ1n) is 7.31. The van der Waals surface area contributed by atoms with Crippen LogP contribution in [-0.2, 0) is 15.3 Å². The lowest BCUT2D eigenvalue weighted by Crippen LogP contribution is -2.12. The standard InChI is InChI=1S/C17H17N2O4P/c1-2-23-24(21,22)12-13-7-9-14(10-8-13)17(20)19-16-6-4-3-5-15(16)11-18/h3-10H,2,12H2,1H3,(H,19,20)(H,21,22). The third kappa shape index (κ3) is 4.77. The molecule has 24 heavy (non-hydrogen) atoms. The average molecular weight is 344 g/mol. The van der Waals surface area contributed by atoms with E-state index in [0.717, 1.165) is 0 Å². The van der Waals surface area contributed by atoms with Crippen LogP contribution in [0, 0.1) is 11.3 Å². The highest BCUT2D eigenvalue weighted by Crippen LogP contribution is 2.45. The topological polar surface area (TPSA) is 99.4 Å².